The van der Waals surface area contributed by atoms with Crippen molar-refractivity contribution in [2.24, 2.45) is 17.8 Å². The van der Waals surface area contributed by atoms with Crippen molar-refractivity contribution in [2.75, 3.05) is 18.3 Å². The number of hydrogen-bond donors (Lipinski definition) is 0. The van der Waals surface area contributed by atoms with Crippen LogP contribution in [0.4, 0.5) is 0 Å². The fraction of sp³-hybridized carbons (Fsp3) is 0.909. The summed E-state index contributed by atoms with van der Waals surface area (Å²) in [5.74, 6) is 4.00. The lowest BCUT2D eigenvalue weighted by molar-refractivity contribution is 0.389. The van der Waals surface area contributed by atoms with E-state index in [4.69, 9.17) is 0 Å². The molecule has 0 radical (unpaired) electrons. The molecule has 1 heteroatoms. The van der Waals surface area contributed by atoms with Gasteiger partial charge in [-0.1, -0.05) is 78.2 Å². The number of rotatable bonds is 14. The minimum atomic E-state index is 0.559. The van der Waals surface area contributed by atoms with Crippen molar-refractivity contribution in [1.29, 1.82) is 0 Å². The van der Waals surface area contributed by atoms with Crippen molar-refractivity contribution >= 4 is 10.9 Å². The zero-order valence-electron chi connectivity index (χ0n) is 17.3. The molecule has 0 heterocycles. The topological polar surface area (TPSA) is 0 Å². The van der Waals surface area contributed by atoms with Crippen molar-refractivity contribution in [3.05, 3.63) is 11.6 Å². The predicted molar refractivity (Wildman–Crippen MR) is 113 cm³/mol. The van der Waals surface area contributed by atoms with Crippen LogP contribution in [0.3, 0.4) is 0 Å². The second-order valence-corrected chi connectivity index (χ2v) is 10.9. The summed E-state index contributed by atoms with van der Waals surface area (Å²) in [6.07, 6.45) is 19.8. The largest absolute Gasteiger partial charge is 0.126 e. The van der Waals surface area contributed by atoms with Crippen molar-refractivity contribution in [1.82, 2.24) is 0 Å². The molecule has 0 aromatic rings. The van der Waals surface area contributed by atoms with Crippen LogP contribution in [0.1, 0.15) is 92.4 Å². The van der Waals surface area contributed by atoms with Gasteiger partial charge in [0.25, 0.3) is 0 Å². The third-order valence-electron chi connectivity index (χ3n) is 4.91. The maximum Gasteiger partial charge on any atom is 0.126 e. The Bertz CT molecular complexity index is 290. The molecule has 0 fully saturated rings. The summed E-state index contributed by atoms with van der Waals surface area (Å²) < 4.78 is 0. The van der Waals surface area contributed by atoms with Gasteiger partial charge in [-0.05, 0) is 54.5 Å². The Morgan fingerprint density at radius 2 is 1.26 bits per heavy atom. The highest BCUT2D eigenvalue weighted by atomic mass is 32.2. The fourth-order valence-corrected chi connectivity index (χ4v) is 3.74. The monoisotopic (exact) mass is 341 g/mol. The molecule has 2 unspecified atom stereocenters. The van der Waals surface area contributed by atoms with Gasteiger partial charge in [0, 0.05) is 0 Å². The van der Waals surface area contributed by atoms with Gasteiger partial charge in [-0.3, -0.25) is 0 Å². The first-order valence-electron chi connectivity index (χ1n) is 10.0. The molecule has 23 heavy (non-hydrogen) atoms. The average molecular weight is 342 g/mol. The molecule has 0 aliphatic rings. The molecule has 0 spiro atoms. The molecule has 138 valence electrons. The molecule has 0 aromatic carbocycles. The van der Waals surface area contributed by atoms with Crippen LogP contribution >= 0.6 is 0 Å². The third kappa shape index (κ3) is 16.7. The maximum absolute atomic E-state index is 2.46. The van der Waals surface area contributed by atoms with E-state index in [-0.39, 0.29) is 0 Å². The van der Waals surface area contributed by atoms with E-state index < -0.39 is 0 Å². The van der Waals surface area contributed by atoms with Crippen LogP contribution in [0.5, 0.6) is 0 Å². The predicted octanol–water partition coefficient (Wildman–Crippen LogP) is 7.25. The Balaban J connectivity index is 3.59. The Hall–Kier alpha value is 0.0900. The summed E-state index contributed by atoms with van der Waals surface area (Å²) in [5.41, 5.74) is 1.61. The Morgan fingerprint density at radius 3 is 1.74 bits per heavy atom. The Morgan fingerprint density at radius 1 is 0.783 bits per heavy atom. The highest BCUT2D eigenvalue weighted by Crippen LogP contribution is 2.22. The van der Waals surface area contributed by atoms with Gasteiger partial charge in [-0.15, -0.1) is 0 Å². The van der Waals surface area contributed by atoms with Crippen LogP contribution < -0.4 is 0 Å². The molecule has 0 saturated carbocycles. The van der Waals surface area contributed by atoms with Crippen LogP contribution in [0.15, 0.2) is 11.6 Å². The van der Waals surface area contributed by atoms with E-state index in [0.717, 1.165) is 17.8 Å². The summed E-state index contributed by atoms with van der Waals surface area (Å²) in [6, 6.07) is 0. The van der Waals surface area contributed by atoms with Crippen LogP contribution in [-0.2, 0) is 10.9 Å². The van der Waals surface area contributed by atoms with Gasteiger partial charge in [0.15, 0.2) is 0 Å². The van der Waals surface area contributed by atoms with Crippen molar-refractivity contribution in [3.63, 3.8) is 0 Å². The smallest absolute Gasteiger partial charge is 0.0727 e. The summed E-state index contributed by atoms with van der Waals surface area (Å²) in [4.78, 5) is 0. The molecule has 0 bridgehead atoms. The molecule has 0 amide bonds. The Kier molecular flexibility index (Phi) is 14.5. The second kappa shape index (κ2) is 14.4. The van der Waals surface area contributed by atoms with E-state index in [1.807, 2.05) is 0 Å². The maximum atomic E-state index is 2.46. The molecule has 0 N–H and O–H groups in total. The van der Waals surface area contributed by atoms with E-state index in [0.29, 0.717) is 10.9 Å². The van der Waals surface area contributed by atoms with Crippen molar-refractivity contribution in [2.45, 2.75) is 92.4 Å². The van der Waals surface area contributed by atoms with E-state index in [1.54, 1.807) is 5.57 Å². The highest BCUT2D eigenvalue weighted by molar-refractivity contribution is 7.95. The summed E-state index contributed by atoms with van der Waals surface area (Å²) in [7, 11) is 0.559. The lowest BCUT2D eigenvalue weighted by Crippen LogP contribution is -2.01. The first-order valence-corrected chi connectivity index (χ1v) is 12.2. The van der Waals surface area contributed by atoms with Gasteiger partial charge in [-0.25, -0.2) is 0 Å². The van der Waals surface area contributed by atoms with E-state index in [9.17, 15) is 0 Å². The van der Waals surface area contributed by atoms with Gasteiger partial charge in [-0.2, -0.15) is 0 Å². The van der Waals surface area contributed by atoms with Gasteiger partial charge < -0.3 is 0 Å². The molecule has 0 nitrogen and oxygen atoms in total. The molecule has 0 rings (SSSR count). The molecular formula is C22H45S+. The lowest BCUT2D eigenvalue weighted by Gasteiger charge is -2.15. The van der Waals surface area contributed by atoms with Gasteiger partial charge in [0.2, 0.25) is 0 Å². The standard InChI is InChI=1S/C22H45S/c1-19(2)11-8-12-20(3)13-9-14-21(4)15-10-16-22(5)17-18-23(6)7/h17,19-21H,8-16,18H2,1-7H3/q+1. The number of hydrogen-bond acceptors (Lipinski definition) is 0. The second-order valence-electron chi connectivity index (χ2n) is 8.56. The lowest BCUT2D eigenvalue weighted by atomic mass is 9.91. The summed E-state index contributed by atoms with van der Waals surface area (Å²) in [6.45, 7) is 11.9. The molecule has 0 aliphatic heterocycles. The minimum Gasteiger partial charge on any atom is -0.0727 e. The van der Waals surface area contributed by atoms with Gasteiger partial charge in [0.1, 0.15) is 5.75 Å². The average Bonchev–Trinajstić information content (AvgIpc) is 2.44. The van der Waals surface area contributed by atoms with Crippen LogP contribution in [0.2, 0.25) is 0 Å². The first kappa shape index (κ1) is 23.1. The summed E-state index contributed by atoms with van der Waals surface area (Å²) in [5, 5.41) is 0. The molecule has 0 aromatic heterocycles. The molecular weight excluding hydrogens is 296 g/mol. The quantitative estimate of drug-likeness (QED) is 0.230. The molecule has 0 saturated heterocycles. The minimum absolute atomic E-state index is 0.559. The van der Waals surface area contributed by atoms with E-state index in [2.05, 4.69) is 53.2 Å². The Labute approximate surface area is 151 Å². The van der Waals surface area contributed by atoms with Crippen LogP contribution in [0, 0.1) is 17.8 Å². The first-order chi connectivity index (χ1) is 10.8. The SMILES string of the molecule is CC(=CC[S+](C)C)CCCC(C)CCCC(C)CCCC(C)C. The van der Waals surface area contributed by atoms with E-state index >= 15 is 0 Å². The van der Waals surface area contributed by atoms with Gasteiger partial charge >= 0.3 is 0 Å². The van der Waals surface area contributed by atoms with Gasteiger partial charge in [0.05, 0.1) is 12.5 Å². The van der Waals surface area contributed by atoms with Crippen molar-refractivity contribution < 1.29 is 0 Å². The fourth-order valence-electron chi connectivity index (χ4n) is 3.12. The van der Waals surface area contributed by atoms with E-state index in [1.165, 1.54) is 63.5 Å². The van der Waals surface area contributed by atoms with Crippen LogP contribution in [-0.4, -0.2) is 18.3 Å². The normalized spacial score (nSPS) is 15.4. The van der Waals surface area contributed by atoms with Crippen LogP contribution in [0.25, 0.3) is 0 Å². The highest BCUT2D eigenvalue weighted by Gasteiger charge is 2.07. The number of allylic oxidation sites excluding steroid dienone is 1. The van der Waals surface area contributed by atoms with Crippen molar-refractivity contribution in [3.8, 4) is 0 Å². The zero-order valence-corrected chi connectivity index (χ0v) is 18.1. The zero-order chi connectivity index (χ0) is 17.7. The third-order valence-corrected chi connectivity index (χ3v) is 5.74. The molecule has 2 atom stereocenters. The summed E-state index contributed by atoms with van der Waals surface area (Å²) >= 11 is 0. The molecule has 0 aliphatic carbocycles.